The molecule has 8 heteroatoms. The van der Waals surface area contributed by atoms with Crippen LogP contribution in [-0.2, 0) is 11.3 Å². The summed E-state index contributed by atoms with van der Waals surface area (Å²) in [5, 5.41) is 4.45. The molecule has 164 valence electrons. The van der Waals surface area contributed by atoms with Crippen molar-refractivity contribution in [1.29, 1.82) is 0 Å². The van der Waals surface area contributed by atoms with E-state index in [1.54, 1.807) is 11.3 Å². The molecule has 1 aromatic rings. The Morgan fingerprint density at radius 3 is 2.59 bits per heavy atom. The fourth-order valence-corrected chi connectivity index (χ4v) is 4.05. The molecule has 29 heavy (non-hydrogen) atoms. The lowest BCUT2D eigenvalue weighted by Gasteiger charge is -2.36. The van der Waals surface area contributed by atoms with E-state index in [-0.39, 0.29) is 6.09 Å². The Morgan fingerprint density at radius 2 is 2.07 bits per heavy atom. The van der Waals surface area contributed by atoms with E-state index < -0.39 is 5.60 Å². The molecule has 1 fully saturated rings. The predicted molar refractivity (Wildman–Crippen MR) is 119 cm³/mol. The fraction of sp³-hybridized carbons (Fsp3) is 0.762. The molecule has 1 aromatic heterocycles. The van der Waals surface area contributed by atoms with Crippen molar-refractivity contribution in [3.8, 4) is 0 Å². The number of piperidine rings is 1. The number of hydrogen-bond donors (Lipinski definition) is 1. The third kappa shape index (κ3) is 7.84. The number of nitrogens with zero attached hydrogens (tertiary/aromatic N) is 4. The molecule has 0 spiro atoms. The van der Waals surface area contributed by atoms with Gasteiger partial charge in [-0.05, 0) is 60.3 Å². The van der Waals surface area contributed by atoms with Crippen LogP contribution in [0.15, 0.2) is 11.2 Å². The summed E-state index contributed by atoms with van der Waals surface area (Å²) in [5.41, 5.74) is -0.457. The zero-order valence-corrected chi connectivity index (χ0v) is 19.6. The van der Waals surface area contributed by atoms with Gasteiger partial charge in [-0.2, -0.15) is 0 Å². The van der Waals surface area contributed by atoms with Gasteiger partial charge in [0.15, 0.2) is 5.96 Å². The van der Waals surface area contributed by atoms with Crippen LogP contribution in [-0.4, -0.2) is 65.2 Å². The van der Waals surface area contributed by atoms with E-state index >= 15 is 0 Å². The normalized spacial score (nSPS) is 16.1. The van der Waals surface area contributed by atoms with Crippen LogP contribution in [0.25, 0.3) is 0 Å². The van der Waals surface area contributed by atoms with Crippen molar-refractivity contribution in [2.75, 3.05) is 32.7 Å². The van der Waals surface area contributed by atoms with E-state index in [1.807, 2.05) is 38.8 Å². The molecule has 1 amide bonds. The van der Waals surface area contributed by atoms with Crippen molar-refractivity contribution in [2.24, 2.45) is 10.9 Å². The zero-order chi connectivity index (χ0) is 21.4. The van der Waals surface area contributed by atoms with Gasteiger partial charge in [0.1, 0.15) is 10.6 Å². The monoisotopic (exact) mass is 423 g/mol. The van der Waals surface area contributed by atoms with E-state index in [9.17, 15) is 4.79 Å². The first-order valence-corrected chi connectivity index (χ1v) is 11.5. The first-order valence-electron chi connectivity index (χ1n) is 10.6. The van der Waals surface area contributed by atoms with Crippen molar-refractivity contribution in [3.63, 3.8) is 0 Å². The molecule has 1 aliphatic heterocycles. The van der Waals surface area contributed by atoms with Gasteiger partial charge in [-0.25, -0.2) is 14.8 Å². The van der Waals surface area contributed by atoms with Gasteiger partial charge < -0.3 is 19.9 Å². The minimum absolute atomic E-state index is 0.212. The number of likely N-dealkylation sites (tertiary alicyclic amines) is 1. The third-order valence-electron chi connectivity index (χ3n) is 4.79. The van der Waals surface area contributed by atoms with Gasteiger partial charge in [-0.3, -0.25) is 0 Å². The van der Waals surface area contributed by atoms with E-state index in [4.69, 9.17) is 9.73 Å². The second-order valence-corrected chi connectivity index (χ2v) is 9.80. The van der Waals surface area contributed by atoms with Crippen molar-refractivity contribution in [2.45, 2.75) is 66.5 Å². The second-order valence-electron chi connectivity index (χ2n) is 8.48. The molecular formula is C21H37N5O2S. The predicted octanol–water partition coefficient (Wildman–Crippen LogP) is 3.89. The van der Waals surface area contributed by atoms with Gasteiger partial charge in [-0.1, -0.05) is 0 Å². The summed E-state index contributed by atoms with van der Waals surface area (Å²) in [5.74, 6) is 1.45. The van der Waals surface area contributed by atoms with Crippen molar-refractivity contribution in [1.82, 2.24) is 20.1 Å². The highest BCUT2D eigenvalue weighted by Crippen LogP contribution is 2.20. The Morgan fingerprint density at radius 1 is 1.38 bits per heavy atom. The summed E-state index contributed by atoms with van der Waals surface area (Å²) in [7, 11) is 0. The number of hydrogen-bond acceptors (Lipinski definition) is 5. The van der Waals surface area contributed by atoms with E-state index in [1.165, 1.54) is 4.88 Å². The van der Waals surface area contributed by atoms with Gasteiger partial charge >= 0.3 is 6.09 Å². The first kappa shape index (κ1) is 23.4. The summed E-state index contributed by atoms with van der Waals surface area (Å²) in [4.78, 5) is 27.0. The molecule has 0 unspecified atom stereocenters. The van der Waals surface area contributed by atoms with E-state index in [2.05, 4.69) is 29.0 Å². The number of carbonyl (C=O) groups excluding carboxylic acids is 1. The van der Waals surface area contributed by atoms with Crippen molar-refractivity contribution < 1.29 is 9.53 Å². The van der Waals surface area contributed by atoms with E-state index in [0.29, 0.717) is 19.0 Å². The Kier molecular flexibility index (Phi) is 8.74. The Labute approximate surface area is 179 Å². The summed E-state index contributed by atoms with van der Waals surface area (Å²) < 4.78 is 5.54. The summed E-state index contributed by atoms with van der Waals surface area (Å²) >= 11 is 1.70. The Balaban J connectivity index is 1.88. The van der Waals surface area contributed by atoms with Crippen LogP contribution in [0, 0.1) is 12.8 Å². The molecule has 7 nitrogen and oxygen atoms in total. The van der Waals surface area contributed by atoms with Crippen LogP contribution >= 0.6 is 11.3 Å². The topological polar surface area (TPSA) is 70.1 Å². The van der Waals surface area contributed by atoms with Crippen molar-refractivity contribution >= 4 is 23.4 Å². The zero-order valence-electron chi connectivity index (χ0n) is 18.8. The number of aromatic nitrogens is 1. The maximum Gasteiger partial charge on any atom is 0.410 e. The third-order valence-corrected chi connectivity index (χ3v) is 5.69. The first-order chi connectivity index (χ1) is 13.7. The Bertz CT molecular complexity index is 675. The molecule has 1 aliphatic rings. The van der Waals surface area contributed by atoms with Crippen LogP contribution < -0.4 is 5.32 Å². The minimum Gasteiger partial charge on any atom is -0.444 e. The summed E-state index contributed by atoms with van der Waals surface area (Å²) in [6, 6.07) is 0. The largest absolute Gasteiger partial charge is 0.444 e. The number of amides is 1. The molecule has 0 saturated carbocycles. The highest BCUT2D eigenvalue weighted by molar-refractivity contribution is 7.11. The lowest BCUT2D eigenvalue weighted by atomic mass is 9.96. The number of carbonyl (C=O) groups is 1. The quantitative estimate of drug-likeness (QED) is 0.555. The average Bonchev–Trinajstić information content (AvgIpc) is 3.07. The number of aryl methyl sites for hydroxylation is 1. The van der Waals surface area contributed by atoms with Crippen molar-refractivity contribution in [3.05, 3.63) is 16.1 Å². The molecule has 1 N–H and O–H groups in total. The molecule has 2 rings (SSSR count). The molecule has 0 atom stereocenters. The number of rotatable bonds is 6. The molecule has 2 heterocycles. The summed E-state index contributed by atoms with van der Waals surface area (Å²) in [6.07, 6.45) is 3.77. The maximum atomic E-state index is 12.4. The van der Waals surface area contributed by atoms with Gasteiger partial charge in [0, 0.05) is 43.8 Å². The number of guanidine groups is 1. The van der Waals surface area contributed by atoms with Crippen LogP contribution in [0.4, 0.5) is 4.79 Å². The SMILES string of the molecule is CCNC(=NCc1ncc(C)s1)N1CCC(CN(CC)C(=O)OC(C)(C)C)CC1. The number of ether oxygens (including phenoxy) is 1. The second kappa shape index (κ2) is 10.8. The molecular weight excluding hydrogens is 386 g/mol. The van der Waals surface area contributed by atoms with Gasteiger partial charge in [-0.15, -0.1) is 11.3 Å². The maximum absolute atomic E-state index is 12.4. The number of nitrogens with one attached hydrogen (secondary N) is 1. The van der Waals surface area contributed by atoms with E-state index in [0.717, 1.165) is 50.0 Å². The molecule has 0 aliphatic carbocycles. The van der Waals surface area contributed by atoms with Crippen LogP contribution in [0.3, 0.4) is 0 Å². The van der Waals surface area contributed by atoms with Gasteiger partial charge in [0.05, 0.1) is 6.54 Å². The molecule has 0 bridgehead atoms. The lowest BCUT2D eigenvalue weighted by Crippen LogP contribution is -2.47. The van der Waals surface area contributed by atoms with Crippen LogP contribution in [0.2, 0.25) is 0 Å². The number of thiazole rings is 1. The minimum atomic E-state index is -0.457. The standard InChI is InChI=1S/C21H37N5O2S/c1-7-22-19(24-14-18-23-13-16(3)29-18)26-11-9-17(10-12-26)15-25(8-2)20(27)28-21(4,5)6/h13,17H,7-12,14-15H2,1-6H3,(H,22,24). The fourth-order valence-electron chi connectivity index (χ4n) is 3.34. The van der Waals surface area contributed by atoms with Crippen LogP contribution in [0.5, 0.6) is 0 Å². The molecule has 0 radical (unpaired) electrons. The highest BCUT2D eigenvalue weighted by atomic mass is 32.1. The number of aliphatic imine (C=N–C) groups is 1. The molecule has 1 saturated heterocycles. The molecule has 0 aromatic carbocycles. The van der Waals surface area contributed by atoms with Crippen LogP contribution in [0.1, 0.15) is 57.3 Å². The average molecular weight is 424 g/mol. The van der Waals surface area contributed by atoms with Gasteiger partial charge in [0.25, 0.3) is 0 Å². The highest BCUT2D eigenvalue weighted by Gasteiger charge is 2.27. The Hall–Kier alpha value is -1.83. The van der Waals surface area contributed by atoms with Gasteiger partial charge in [0.2, 0.25) is 0 Å². The lowest BCUT2D eigenvalue weighted by molar-refractivity contribution is 0.0214. The smallest absolute Gasteiger partial charge is 0.410 e. The summed E-state index contributed by atoms with van der Waals surface area (Å²) in [6.45, 7) is 16.7.